The van der Waals surface area contributed by atoms with Gasteiger partial charge in [-0.15, -0.1) is 0 Å². The number of hydrogen-bond acceptors (Lipinski definition) is 4. The Kier molecular flexibility index (Phi) is 5.08. The van der Waals surface area contributed by atoms with Crippen LogP contribution < -0.4 is 4.72 Å². The minimum atomic E-state index is -3.54. The molecular formula is C8H17NO4S2. The highest BCUT2D eigenvalue weighted by molar-refractivity contribution is 7.89. The van der Waals surface area contributed by atoms with E-state index in [1.54, 1.807) is 20.8 Å². The van der Waals surface area contributed by atoms with Gasteiger partial charge in [0.2, 0.25) is 10.0 Å². The largest absolute Gasteiger partial charge is 0.480 e. The number of nitrogens with one attached hydrogen (secondary N) is 1. The molecule has 1 atom stereocenters. The Hall–Kier alpha value is -0.270. The van der Waals surface area contributed by atoms with Gasteiger partial charge in [-0.1, -0.05) is 6.92 Å². The second-order valence-electron chi connectivity index (χ2n) is 3.86. The van der Waals surface area contributed by atoms with E-state index in [9.17, 15) is 13.2 Å². The average Bonchev–Trinajstić information content (AvgIpc) is 1.97. The molecule has 0 aromatic carbocycles. The van der Waals surface area contributed by atoms with Gasteiger partial charge in [-0.3, -0.25) is 4.79 Å². The molecule has 0 rings (SSSR count). The summed E-state index contributed by atoms with van der Waals surface area (Å²) in [5, 5.41) is 8.86. The van der Waals surface area contributed by atoms with Crippen molar-refractivity contribution in [3.8, 4) is 0 Å². The molecule has 0 bridgehead atoms. The van der Waals surface area contributed by atoms with Crippen molar-refractivity contribution in [2.75, 3.05) is 5.75 Å². The zero-order valence-corrected chi connectivity index (χ0v) is 10.7. The first-order valence-corrected chi connectivity index (χ1v) is 6.65. The highest BCUT2D eigenvalue weighted by atomic mass is 32.2. The minimum Gasteiger partial charge on any atom is -0.480 e. The molecule has 2 N–H and O–H groups in total. The van der Waals surface area contributed by atoms with E-state index in [-0.39, 0.29) is 5.75 Å². The molecule has 0 aliphatic carbocycles. The van der Waals surface area contributed by atoms with Gasteiger partial charge in [-0.05, 0) is 20.3 Å². The minimum absolute atomic E-state index is 0.0827. The van der Waals surface area contributed by atoms with Gasteiger partial charge in [0.05, 0.1) is 5.75 Å². The summed E-state index contributed by atoms with van der Waals surface area (Å²) in [6.07, 6.45) is 0.439. The maximum absolute atomic E-state index is 11.4. The van der Waals surface area contributed by atoms with E-state index >= 15 is 0 Å². The molecule has 5 nitrogen and oxygen atoms in total. The van der Waals surface area contributed by atoms with Crippen LogP contribution in [-0.2, 0) is 14.8 Å². The first kappa shape index (κ1) is 14.7. The third kappa shape index (κ3) is 5.39. The van der Waals surface area contributed by atoms with E-state index in [2.05, 4.69) is 17.4 Å². The predicted molar refractivity (Wildman–Crippen MR) is 61.7 cm³/mol. The van der Waals surface area contributed by atoms with Crippen LogP contribution in [0.1, 0.15) is 27.2 Å². The van der Waals surface area contributed by atoms with Gasteiger partial charge in [0.25, 0.3) is 0 Å². The van der Waals surface area contributed by atoms with Crippen LogP contribution in [0.15, 0.2) is 0 Å². The normalized spacial score (nSPS) is 14.9. The van der Waals surface area contributed by atoms with E-state index in [4.69, 9.17) is 5.11 Å². The summed E-state index contributed by atoms with van der Waals surface area (Å²) in [7, 11) is -3.54. The number of thiol groups is 1. The van der Waals surface area contributed by atoms with Gasteiger partial charge >= 0.3 is 5.97 Å². The molecule has 90 valence electrons. The second kappa shape index (κ2) is 5.18. The fourth-order valence-electron chi connectivity index (χ4n) is 1.00. The quantitative estimate of drug-likeness (QED) is 0.603. The summed E-state index contributed by atoms with van der Waals surface area (Å²) in [6, 6.07) is -1.22. The molecule has 0 saturated carbocycles. The monoisotopic (exact) mass is 255 g/mol. The van der Waals surface area contributed by atoms with Crippen molar-refractivity contribution in [1.82, 2.24) is 4.72 Å². The number of aliphatic carboxylic acids is 1. The van der Waals surface area contributed by atoms with Crippen molar-refractivity contribution >= 4 is 28.6 Å². The summed E-state index contributed by atoms with van der Waals surface area (Å²) in [6.45, 7) is 4.80. The lowest BCUT2D eigenvalue weighted by Crippen LogP contribution is -2.51. The number of carboxylic acids is 1. The maximum Gasteiger partial charge on any atom is 0.323 e. The summed E-state index contributed by atoms with van der Waals surface area (Å²) >= 11 is 4.06. The molecule has 1 unspecified atom stereocenters. The lowest BCUT2D eigenvalue weighted by molar-refractivity contribution is -0.139. The zero-order chi connectivity index (χ0) is 12.3. The second-order valence-corrected chi connectivity index (χ2v) is 6.89. The van der Waals surface area contributed by atoms with Crippen molar-refractivity contribution in [3.05, 3.63) is 0 Å². The van der Waals surface area contributed by atoms with Crippen molar-refractivity contribution in [2.24, 2.45) is 0 Å². The summed E-state index contributed by atoms with van der Waals surface area (Å²) < 4.78 is 23.9. The smallest absolute Gasteiger partial charge is 0.323 e. The third-order valence-electron chi connectivity index (χ3n) is 1.72. The lowest BCUT2D eigenvalue weighted by Gasteiger charge is -2.26. The molecule has 0 radical (unpaired) electrons. The Balaban J connectivity index is 4.79. The number of hydrogen-bond donors (Lipinski definition) is 3. The number of rotatable bonds is 6. The standard InChI is InChI=1S/C8H17NO4S2/c1-4-5-15(12,13)9-6(7(10)11)8(2,3)14/h6,9,14H,4-5H2,1-3H3,(H,10,11). The Morgan fingerprint density at radius 1 is 1.53 bits per heavy atom. The van der Waals surface area contributed by atoms with E-state index < -0.39 is 26.8 Å². The van der Waals surface area contributed by atoms with Crippen LogP contribution in [0.2, 0.25) is 0 Å². The van der Waals surface area contributed by atoms with Crippen LogP contribution in [0.25, 0.3) is 0 Å². The van der Waals surface area contributed by atoms with Crippen LogP contribution in [0.5, 0.6) is 0 Å². The van der Waals surface area contributed by atoms with Crippen LogP contribution in [-0.4, -0.2) is 36.0 Å². The van der Waals surface area contributed by atoms with Crippen molar-refractivity contribution in [2.45, 2.75) is 38.0 Å². The Morgan fingerprint density at radius 2 is 2.00 bits per heavy atom. The molecule has 7 heteroatoms. The molecule has 0 amide bonds. The molecule has 0 aromatic rings. The van der Waals surface area contributed by atoms with Gasteiger partial charge in [-0.25, -0.2) is 8.42 Å². The first-order chi connectivity index (χ1) is 6.60. The van der Waals surface area contributed by atoms with E-state index in [1.165, 1.54) is 0 Å². The predicted octanol–water partition coefficient (Wildman–Crippen LogP) is 0.477. The van der Waals surface area contributed by atoms with Crippen molar-refractivity contribution in [1.29, 1.82) is 0 Å². The number of sulfonamides is 1. The summed E-state index contributed by atoms with van der Waals surface area (Å²) in [5.74, 6) is -1.31. The molecule has 15 heavy (non-hydrogen) atoms. The Morgan fingerprint density at radius 3 is 2.27 bits per heavy atom. The molecule has 0 saturated heterocycles. The maximum atomic E-state index is 11.4. The summed E-state index contributed by atoms with van der Waals surface area (Å²) in [4.78, 5) is 10.9. The van der Waals surface area contributed by atoms with Crippen LogP contribution >= 0.6 is 12.6 Å². The zero-order valence-electron chi connectivity index (χ0n) is 9.02. The third-order valence-corrected chi connectivity index (χ3v) is 3.52. The molecule has 0 aliphatic heterocycles. The first-order valence-electron chi connectivity index (χ1n) is 4.55. The molecule has 0 heterocycles. The number of carbonyl (C=O) groups is 1. The van der Waals surface area contributed by atoms with E-state index in [0.717, 1.165) is 0 Å². The van der Waals surface area contributed by atoms with Gasteiger partial charge in [-0.2, -0.15) is 17.4 Å². The van der Waals surface area contributed by atoms with Crippen LogP contribution in [0, 0.1) is 0 Å². The van der Waals surface area contributed by atoms with Crippen molar-refractivity contribution < 1.29 is 18.3 Å². The SMILES string of the molecule is CCCS(=O)(=O)NC(C(=O)O)C(C)(C)S. The molecular weight excluding hydrogens is 238 g/mol. The van der Waals surface area contributed by atoms with Crippen LogP contribution in [0.4, 0.5) is 0 Å². The molecule has 0 aliphatic rings. The lowest BCUT2D eigenvalue weighted by atomic mass is 10.1. The molecule has 0 spiro atoms. The molecule has 0 aromatic heterocycles. The van der Waals surface area contributed by atoms with Gasteiger partial charge in [0, 0.05) is 4.75 Å². The van der Waals surface area contributed by atoms with E-state index in [0.29, 0.717) is 6.42 Å². The highest BCUT2D eigenvalue weighted by Crippen LogP contribution is 2.18. The number of carboxylic acid groups (broad SMARTS) is 1. The van der Waals surface area contributed by atoms with Gasteiger partial charge < -0.3 is 5.11 Å². The molecule has 0 fully saturated rings. The van der Waals surface area contributed by atoms with Crippen molar-refractivity contribution in [3.63, 3.8) is 0 Å². The highest BCUT2D eigenvalue weighted by Gasteiger charge is 2.35. The fourth-order valence-corrected chi connectivity index (χ4v) is 2.68. The van der Waals surface area contributed by atoms with E-state index in [1.807, 2.05) is 0 Å². The fraction of sp³-hybridized carbons (Fsp3) is 0.875. The Bertz CT molecular complexity index is 318. The topological polar surface area (TPSA) is 83.5 Å². The van der Waals surface area contributed by atoms with Gasteiger partial charge in [0.15, 0.2) is 0 Å². The summed E-state index contributed by atoms with van der Waals surface area (Å²) in [5.41, 5.74) is 0. The average molecular weight is 255 g/mol. The van der Waals surface area contributed by atoms with Crippen LogP contribution in [0.3, 0.4) is 0 Å². The Labute approximate surface area is 95.7 Å². The van der Waals surface area contributed by atoms with Gasteiger partial charge in [0.1, 0.15) is 6.04 Å².